The largest absolute Gasteiger partial charge is 0.508 e. The number of hydrogen-bond acceptors (Lipinski definition) is 3. The summed E-state index contributed by atoms with van der Waals surface area (Å²) in [6.07, 6.45) is 5.38. The predicted molar refractivity (Wildman–Crippen MR) is 90.5 cm³/mol. The van der Waals surface area contributed by atoms with Gasteiger partial charge in [0.15, 0.2) is 5.65 Å². The molecule has 1 N–H and O–H groups in total. The number of rotatable bonds is 2. The van der Waals surface area contributed by atoms with Crippen LogP contribution in [0, 0.1) is 0 Å². The van der Waals surface area contributed by atoms with Gasteiger partial charge < -0.3 is 5.11 Å². The van der Waals surface area contributed by atoms with Gasteiger partial charge in [-0.3, -0.25) is 9.38 Å². The number of aromatic hydroxyl groups is 1. The number of aromatic nitrogens is 3. The lowest BCUT2D eigenvalue weighted by Gasteiger charge is -2.06. The van der Waals surface area contributed by atoms with Crippen molar-refractivity contribution in [2.24, 2.45) is 0 Å². The molecule has 2 aromatic carbocycles. The van der Waals surface area contributed by atoms with Crippen LogP contribution < -0.4 is 0 Å². The van der Waals surface area contributed by atoms with Gasteiger partial charge in [0.05, 0.1) is 28.8 Å². The van der Waals surface area contributed by atoms with E-state index in [0.29, 0.717) is 5.02 Å². The maximum Gasteiger partial charge on any atom is 0.155 e. The van der Waals surface area contributed by atoms with Crippen molar-refractivity contribution >= 4 is 17.2 Å². The van der Waals surface area contributed by atoms with E-state index in [0.717, 1.165) is 28.2 Å². The molecule has 0 radical (unpaired) electrons. The lowest BCUT2D eigenvalue weighted by molar-refractivity contribution is 0.475. The fraction of sp³-hybridized carbons (Fsp3) is 0. The molecular weight excluding hydrogens is 310 g/mol. The zero-order valence-electron chi connectivity index (χ0n) is 12.0. The Balaban J connectivity index is 1.92. The highest BCUT2D eigenvalue weighted by atomic mass is 35.5. The second-order valence-corrected chi connectivity index (χ2v) is 5.58. The van der Waals surface area contributed by atoms with Crippen molar-refractivity contribution in [3.63, 3.8) is 0 Å². The smallest absolute Gasteiger partial charge is 0.155 e. The number of fused-ring (bicyclic) bond motifs is 1. The zero-order chi connectivity index (χ0) is 15.8. The molecule has 0 aliphatic rings. The molecule has 0 saturated carbocycles. The standard InChI is InChI=1S/C18H12ClN3O/c19-15-7-2-1-6-14(15)16-11-22-17(9-21-18(22)10-20-16)12-4-3-5-13(23)8-12/h1-11,23H. The fourth-order valence-electron chi connectivity index (χ4n) is 2.58. The minimum Gasteiger partial charge on any atom is -0.508 e. The lowest BCUT2D eigenvalue weighted by Crippen LogP contribution is -1.93. The van der Waals surface area contributed by atoms with E-state index in [-0.39, 0.29) is 5.75 Å². The molecule has 4 nitrogen and oxygen atoms in total. The summed E-state index contributed by atoms with van der Waals surface area (Å²) < 4.78 is 1.94. The third kappa shape index (κ3) is 2.43. The summed E-state index contributed by atoms with van der Waals surface area (Å²) in [4.78, 5) is 8.81. The Kier molecular flexibility index (Phi) is 3.24. The number of hydrogen-bond donors (Lipinski definition) is 1. The number of phenolic OH excluding ortho intramolecular Hbond substituents is 1. The van der Waals surface area contributed by atoms with Gasteiger partial charge in [0.25, 0.3) is 0 Å². The number of imidazole rings is 1. The number of nitrogens with zero attached hydrogens (tertiary/aromatic N) is 3. The maximum atomic E-state index is 9.69. The maximum absolute atomic E-state index is 9.69. The second kappa shape index (κ2) is 5.41. The third-order valence-corrected chi connectivity index (χ3v) is 4.02. The van der Waals surface area contributed by atoms with Gasteiger partial charge in [-0.25, -0.2) is 4.98 Å². The van der Waals surface area contributed by atoms with Crippen molar-refractivity contribution in [2.75, 3.05) is 0 Å². The Morgan fingerprint density at radius 2 is 1.83 bits per heavy atom. The summed E-state index contributed by atoms with van der Waals surface area (Å²) in [5.41, 5.74) is 4.13. The van der Waals surface area contributed by atoms with Crippen molar-refractivity contribution in [2.45, 2.75) is 0 Å². The monoisotopic (exact) mass is 321 g/mol. The first kappa shape index (κ1) is 13.8. The van der Waals surface area contributed by atoms with Crippen LogP contribution >= 0.6 is 11.6 Å². The molecule has 2 aromatic heterocycles. The van der Waals surface area contributed by atoms with Crippen LogP contribution in [0.3, 0.4) is 0 Å². The van der Waals surface area contributed by atoms with Crippen LogP contribution in [0.4, 0.5) is 0 Å². The predicted octanol–water partition coefficient (Wildman–Crippen LogP) is 4.42. The van der Waals surface area contributed by atoms with Crippen molar-refractivity contribution < 1.29 is 5.11 Å². The first-order chi connectivity index (χ1) is 11.2. The molecule has 0 bridgehead atoms. The van der Waals surface area contributed by atoms with E-state index >= 15 is 0 Å². The lowest BCUT2D eigenvalue weighted by atomic mass is 10.1. The highest BCUT2D eigenvalue weighted by Gasteiger charge is 2.10. The van der Waals surface area contributed by atoms with Gasteiger partial charge in [-0.15, -0.1) is 0 Å². The molecule has 0 atom stereocenters. The number of benzene rings is 2. The number of halogens is 1. The Bertz CT molecular complexity index is 1010. The Morgan fingerprint density at radius 3 is 2.65 bits per heavy atom. The molecule has 4 aromatic rings. The van der Waals surface area contributed by atoms with Crippen LogP contribution in [-0.2, 0) is 0 Å². The minimum absolute atomic E-state index is 0.220. The summed E-state index contributed by atoms with van der Waals surface area (Å²) in [6.45, 7) is 0. The zero-order valence-corrected chi connectivity index (χ0v) is 12.8. The molecule has 23 heavy (non-hydrogen) atoms. The van der Waals surface area contributed by atoms with Gasteiger partial charge in [-0.05, 0) is 18.2 Å². The topological polar surface area (TPSA) is 50.4 Å². The molecule has 112 valence electrons. The molecule has 0 fully saturated rings. The van der Waals surface area contributed by atoms with Crippen molar-refractivity contribution in [3.05, 3.63) is 72.1 Å². The average molecular weight is 322 g/mol. The summed E-state index contributed by atoms with van der Waals surface area (Å²) >= 11 is 6.26. The van der Waals surface area contributed by atoms with E-state index in [1.807, 2.05) is 40.9 Å². The van der Waals surface area contributed by atoms with E-state index in [1.165, 1.54) is 0 Å². The molecule has 0 amide bonds. The molecule has 2 heterocycles. The van der Waals surface area contributed by atoms with Gasteiger partial charge in [-0.1, -0.05) is 41.9 Å². The Labute approximate surface area is 137 Å². The van der Waals surface area contributed by atoms with E-state index in [9.17, 15) is 5.11 Å². The van der Waals surface area contributed by atoms with Crippen molar-refractivity contribution in [3.8, 4) is 28.3 Å². The first-order valence-electron chi connectivity index (χ1n) is 7.10. The van der Waals surface area contributed by atoms with Gasteiger partial charge in [0.2, 0.25) is 0 Å². The molecular formula is C18H12ClN3O. The van der Waals surface area contributed by atoms with Crippen LogP contribution in [0.1, 0.15) is 0 Å². The summed E-state index contributed by atoms with van der Waals surface area (Å²) in [5, 5.41) is 10.3. The van der Waals surface area contributed by atoms with Crippen LogP contribution in [-0.4, -0.2) is 19.5 Å². The molecule has 0 unspecified atom stereocenters. The third-order valence-electron chi connectivity index (χ3n) is 3.69. The molecule has 0 aliphatic heterocycles. The van der Waals surface area contributed by atoms with Crippen molar-refractivity contribution in [1.29, 1.82) is 0 Å². The molecule has 0 aliphatic carbocycles. The number of phenols is 1. The summed E-state index contributed by atoms with van der Waals surface area (Å²) in [5.74, 6) is 0.220. The molecule has 0 saturated heterocycles. The average Bonchev–Trinajstić information content (AvgIpc) is 2.98. The van der Waals surface area contributed by atoms with Crippen LogP contribution in [0.2, 0.25) is 5.02 Å². The highest BCUT2D eigenvalue weighted by molar-refractivity contribution is 6.33. The van der Waals surface area contributed by atoms with Crippen LogP contribution in [0.25, 0.3) is 28.2 Å². The van der Waals surface area contributed by atoms with Gasteiger partial charge in [-0.2, -0.15) is 0 Å². The fourth-order valence-corrected chi connectivity index (χ4v) is 2.81. The Morgan fingerprint density at radius 1 is 0.957 bits per heavy atom. The van der Waals surface area contributed by atoms with E-state index in [1.54, 1.807) is 30.6 Å². The van der Waals surface area contributed by atoms with Crippen LogP contribution in [0.15, 0.2) is 67.1 Å². The second-order valence-electron chi connectivity index (χ2n) is 5.17. The van der Waals surface area contributed by atoms with E-state index in [2.05, 4.69) is 9.97 Å². The van der Waals surface area contributed by atoms with Gasteiger partial charge in [0.1, 0.15) is 5.75 Å². The Hall–Kier alpha value is -2.85. The first-order valence-corrected chi connectivity index (χ1v) is 7.47. The van der Waals surface area contributed by atoms with Gasteiger partial charge >= 0.3 is 0 Å². The molecule has 5 heteroatoms. The minimum atomic E-state index is 0.220. The van der Waals surface area contributed by atoms with E-state index < -0.39 is 0 Å². The van der Waals surface area contributed by atoms with Crippen molar-refractivity contribution in [1.82, 2.24) is 14.4 Å². The summed E-state index contributed by atoms with van der Waals surface area (Å²) in [6, 6.07) is 14.7. The SMILES string of the molecule is Oc1cccc(-c2cnc3cnc(-c4ccccc4Cl)cn23)c1. The van der Waals surface area contributed by atoms with E-state index in [4.69, 9.17) is 11.6 Å². The summed E-state index contributed by atoms with van der Waals surface area (Å²) in [7, 11) is 0. The quantitative estimate of drug-likeness (QED) is 0.594. The highest BCUT2D eigenvalue weighted by Crippen LogP contribution is 2.28. The molecule has 4 rings (SSSR count). The normalized spacial score (nSPS) is 11.0. The van der Waals surface area contributed by atoms with Gasteiger partial charge in [0, 0.05) is 17.3 Å². The van der Waals surface area contributed by atoms with Crippen LogP contribution in [0.5, 0.6) is 5.75 Å². The molecule has 0 spiro atoms.